The Kier molecular flexibility index (Phi) is 5.97. The number of benzene rings is 1. The summed E-state index contributed by atoms with van der Waals surface area (Å²) in [5.41, 5.74) is 0.467. The topological polar surface area (TPSA) is 93.1 Å². The van der Waals surface area contributed by atoms with Gasteiger partial charge in [-0.15, -0.1) is 0 Å². The van der Waals surface area contributed by atoms with Crippen molar-refractivity contribution in [3.8, 4) is 11.5 Å². The Balaban J connectivity index is 2.32. The van der Waals surface area contributed by atoms with Crippen LogP contribution in [0.2, 0.25) is 5.02 Å². The number of phenols is 1. The predicted octanol–water partition coefficient (Wildman–Crippen LogP) is 3.04. The van der Waals surface area contributed by atoms with Gasteiger partial charge in [0.05, 0.1) is 23.6 Å². The average molecular weight is 386 g/mol. The van der Waals surface area contributed by atoms with Gasteiger partial charge in [-0.2, -0.15) is 0 Å². The molecule has 2 amide bonds. The number of methoxy groups -OCH3 is 1. The van der Waals surface area contributed by atoms with Crippen LogP contribution in [0.5, 0.6) is 11.5 Å². The number of hydrogen-bond donors (Lipinski definition) is 1. The third-order valence-corrected chi connectivity index (χ3v) is 4.58. The van der Waals surface area contributed by atoms with E-state index in [2.05, 4.69) is 0 Å². The van der Waals surface area contributed by atoms with Gasteiger partial charge in [0.15, 0.2) is 11.5 Å². The number of esters is 1. The maximum atomic E-state index is 12.5. The van der Waals surface area contributed by atoms with Crippen molar-refractivity contribution < 1.29 is 29.0 Å². The summed E-state index contributed by atoms with van der Waals surface area (Å²) < 4.78 is 9.85. The summed E-state index contributed by atoms with van der Waals surface area (Å²) in [5.74, 6) is -1.33. The van der Waals surface area contributed by atoms with E-state index >= 15 is 0 Å². The van der Waals surface area contributed by atoms with E-state index in [4.69, 9.17) is 21.1 Å². The van der Waals surface area contributed by atoms with Gasteiger partial charge in [-0.1, -0.05) is 11.6 Å². The Morgan fingerprint density at radius 1 is 1.44 bits per heavy atom. The lowest BCUT2D eigenvalue weighted by Gasteiger charge is -2.19. The van der Waals surface area contributed by atoms with Crippen LogP contribution in [0.4, 0.5) is 4.79 Å². The second-order valence-corrected chi connectivity index (χ2v) is 6.43. The zero-order chi connectivity index (χ0) is 18.7. The first-order valence-corrected chi connectivity index (χ1v) is 8.49. The quantitative estimate of drug-likeness (QED) is 0.615. The fraction of sp³-hybridized carbons (Fsp3) is 0.312. The van der Waals surface area contributed by atoms with Crippen molar-refractivity contribution >= 4 is 46.6 Å². The summed E-state index contributed by atoms with van der Waals surface area (Å²) in [6, 6.07) is 1.89. The van der Waals surface area contributed by atoms with Crippen molar-refractivity contribution in [3.63, 3.8) is 0 Å². The predicted molar refractivity (Wildman–Crippen MR) is 93.6 cm³/mol. The van der Waals surface area contributed by atoms with Crippen molar-refractivity contribution in [2.45, 2.75) is 19.9 Å². The third-order valence-electron chi connectivity index (χ3n) is 3.41. The molecule has 7 nitrogen and oxygen atoms in total. The van der Waals surface area contributed by atoms with E-state index in [1.165, 1.54) is 32.2 Å². The van der Waals surface area contributed by atoms with Crippen molar-refractivity contribution in [2.75, 3.05) is 13.7 Å². The number of hydrogen-bond acceptors (Lipinski definition) is 7. The average Bonchev–Trinajstić information content (AvgIpc) is 2.84. The van der Waals surface area contributed by atoms with E-state index in [0.29, 0.717) is 17.3 Å². The molecule has 0 radical (unpaired) electrons. The minimum absolute atomic E-state index is 0.0460. The molecule has 1 fully saturated rings. The first-order chi connectivity index (χ1) is 11.8. The van der Waals surface area contributed by atoms with Crippen LogP contribution in [0.25, 0.3) is 6.08 Å². The summed E-state index contributed by atoms with van der Waals surface area (Å²) in [4.78, 5) is 37.4. The van der Waals surface area contributed by atoms with Crippen LogP contribution in [0, 0.1) is 0 Å². The molecule has 1 N–H and O–H groups in total. The molecule has 1 aliphatic rings. The van der Waals surface area contributed by atoms with Gasteiger partial charge in [-0.3, -0.25) is 14.5 Å². The second kappa shape index (κ2) is 7.79. The largest absolute Gasteiger partial charge is 0.503 e. The molecule has 1 heterocycles. The number of ether oxygens (including phenoxy) is 2. The van der Waals surface area contributed by atoms with E-state index in [1.54, 1.807) is 6.92 Å². The van der Waals surface area contributed by atoms with Crippen molar-refractivity contribution in [1.82, 2.24) is 4.90 Å². The highest BCUT2D eigenvalue weighted by molar-refractivity contribution is 8.18. The van der Waals surface area contributed by atoms with E-state index < -0.39 is 23.2 Å². The lowest BCUT2D eigenvalue weighted by molar-refractivity contribution is -0.150. The molecule has 0 aromatic heterocycles. The highest BCUT2D eigenvalue weighted by Crippen LogP contribution is 2.38. The van der Waals surface area contributed by atoms with Crippen LogP contribution in [0.15, 0.2) is 17.0 Å². The van der Waals surface area contributed by atoms with Gasteiger partial charge < -0.3 is 14.6 Å². The Hall–Kier alpha value is -2.19. The monoisotopic (exact) mass is 385 g/mol. The number of rotatable bonds is 5. The zero-order valence-corrected chi connectivity index (χ0v) is 15.3. The molecule has 1 atom stereocenters. The van der Waals surface area contributed by atoms with Gasteiger partial charge >= 0.3 is 5.97 Å². The number of phenolic OH excluding ortho intramolecular Hbond substituents is 1. The molecule has 0 spiro atoms. The standard InChI is InChI=1S/C16H16ClNO6S/c1-4-24-15(21)8(2)18-14(20)12(25-16(18)22)7-9-5-10(17)13(19)11(6-9)23-3/h5-8,19H,4H2,1-3H3/b12-7+/t8-/m0/s1. The lowest BCUT2D eigenvalue weighted by Crippen LogP contribution is -2.42. The normalized spacial score (nSPS) is 17.1. The number of carbonyl (C=O) groups excluding carboxylic acids is 3. The van der Waals surface area contributed by atoms with Crippen molar-refractivity contribution in [2.24, 2.45) is 0 Å². The number of imide groups is 1. The molecule has 134 valence electrons. The van der Waals surface area contributed by atoms with Crippen molar-refractivity contribution in [1.29, 1.82) is 0 Å². The third kappa shape index (κ3) is 3.91. The van der Waals surface area contributed by atoms with Gasteiger partial charge in [-0.05, 0) is 49.4 Å². The summed E-state index contributed by atoms with van der Waals surface area (Å²) in [6.45, 7) is 3.22. The van der Waals surface area contributed by atoms with Crippen LogP contribution in [-0.4, -0.2) is 46.9 Å². The molecular weight excluding hydrogens is 370 g/mol. The molecule has 2 rings (SSSR count). The van der Waals surface area contributed by atoms with E-state index in [1.807, 2.05) is 0 Å². The van der Waals surface area contributed by atoms with Gasteiger partial charge in [0.1, 0.15) is 6.04 Å². The zero-order valence-electron chi connectivity index (χ0n) is 13.7. The Bertz CT molecular complexity index is 763. The minimum atomic E-state index is -1.02. The van der Waals surface area contributed by atoms with E-state index in [-0.39, 0.29) is 28.0 Å². The number of nitrogens with zero attached hydrogens (tertiary/aromatic N) is 1. The Morgan fingerprint density at radius 3 is 2.72 bits per heavy atom. The van der Waals surface area contributed by atoms with Crippen LogP contribution in [0.3, 0.4) is 0 Å². The lowest BCUT2D eigenvalue weighted by atomic mass is 10.1. The van der Waals surface area contributed by atoms with Gasteiger partial charge in [0.25, 0.3) is 11.1 Å². The first-order valence-electron chi connectivity index (χ1n) is 7.30. The molecule has 25 heavy (non-hydrogen) atoms. The van der Waals surface area contributed by atoms with E-state index in [0.717, 1.165) is 4.90 Å². The Labute approximate surface area is 153 Å². The summed E-state index contributed by atoms with van der Waals surface area (Å²) in [6.07, 6.45) is 1.44. The van der Waals surface area contributed by atoms with Crippen molar-refractivity contribution in [3.05, 3.63) is 27.6 Å². The number of aromatic hydroxyl groups is 1. The Morgan fingerprint density at radius 2 is 2.12 bits per heavy atom. The number of halogens is 1. The summed E-state index contributed by atoms with van der Waals surface area (Å²) >= 11 is 6.62. The fourth-order valence-corrected chi connectivity index (χ4v) is 3.29. The molecule has 0 bridgehead atoms. The van der Waals surface area contributed by atoms with Crippen LogP contribution >= 0.6 is 23.4 Å². The van der Waals surface area contributed by atoms with Gasteiger partial charge in [0.2, 0.25) is 0 Å². The molecule has 0 saturated carbocycles. The SMILES string of the molecule is CCOC(=O)[C@H](C)N1C(=O)S/C(=C/c2cc(Cl)c(O)c(OC)c2)C1=O. The van der Waals surface area contributed by atoms with Crippen LogP contribution in [0.1, 0.15) is 19.4 Å². The molecular formula is C16H16ClNO6S. The van der Waals surface area contributed by atoms with E-state index in [9.17, 15) is 19.5 Å². The molecule has 0 aliphatic carbocycles. The smallest absolute Gasteiger partial charge is 0.329 e. The van der Waals surface area contributed by atoms with Crippen LogP contribution in [-0.2, 0) is 14.3 Å². The van der Waals surface area contributed by atoms with Gasteiger partial charge in [0, 0.05) is 0 Å². The molecule has 1 aromatic rings. The molecule has 1 aliphatic heterocycles. The minimum Gasteiger partial charge on any atom is -0.503 e. The molecule has 0 unspecified atom stereocenters. The molecule has 1 aromatic carbocycles. The summed E-state index contributed by atoms with van der Waals surface area (Å²) in [7, 11) is 1.37. The summed E-state index contributed by atoms with van der Waals surface area (Å²) in [5, 5.41) is 9.22. The highest BCUT2D eigenvalue weighted by Gasteiger charge is 2.41. The molecule has 9 heteroatoms. The van der Waals surface area contributed by atoms with Gasteiger partial charge in [-0.25, -0.2) is 4.79 Å². The number of amides is 2. The second-order valence-electron chi connectivity index (χ2n) is 5.03. The number of carbonyl (C=O) groups is 3. The fourth-order valence-electron chi connectivity index (χ4n) is 2.17. The maximum absolute atomic E-state index is 12.5. The number of thioether (sulfide) groups is 1. The van der Waals surface area contributed by atoms with Crippen LogP contribution < -0.4 is 4.74 Å². The molecule has 1 saturated heterocycles. The highest BCUT2D eigenvalue weighted by atomic mass is 35.5. The maximum Gasteiger partial charge on any atom is 0.329 e. The first kappa shape index (κ1) is 19.1.